The van der Waals surface area contributed by atoms with E-state index < -0.39 is 0 Å². The number of nitrogens with zero attached hydrogens (tertiary/aromatic N) is 4. The smallest absolute Gasteiger partial charge is 0.318 e. The number of nitrogens with one attached hydrogen (secondary N) is 1. The molecular formula is C16H23N5O2. The number of furan rings is 1. The molecular weight excluding hydrogens is 294 g/mol. The van der Waals surface area contributed by atoms with Gasteiger partial charge in [0.2, 0.25) is 0 Å². The van der Waals surface area contributed by atoms with Crippen molar-refractivity contribution in [1.29, 1.82) is 0 Å². The van der Waals surface area contributed by atoms with Gasteiger partial charge in [0.15, 0.2) is 0 Å². The zero-order valence-corrected chi connectivity index (χ0v) is 13.2. The number of likely N-dealkylation sites (tertiary alicyclic amines) is 1. The maximum Gasteiger partial charge on any atom is 0.318 e. The Balaban J connectivity index is 1.53. The molecule has 0 spiro atoms. The minimum atomic E-state index is -0.00751. The third-order valence-electron chi connectivity index (χ3n) is 4.20. The van der Waals surface area contributed by atoms with E-state index in [-0.39, 0.29) is 12.1 Å². The van der Waals surface area contributed by atoms with E-state index in [0.717, 1.165) is 51.0 Å². The number of amides is 2. The highest BCUT2D eigenvalue weighted by atomic mass is 16.3. The van der Waals surface area contributed by atoms with Crippen LogP contribution < -0.4 is 5.32 Å². The predicted octanol–water partition coefficient (Wildman–Crippen LogP) is 2.59. The van der Waals surface area contributed by atoms with E-state index in [4.69, 9.17) is 4.42 Å². The molecule has 1 atom stereocenters. The summed E-state index contributed by atoms with van der Waals surface area (Å²) in [7, 11) is 0. The summed E-state index contributed by atoms with van der Waals surface area (Å²) in [5.74, 6) is 0.879. The first-order valence-electron chi connectivity index (χ1n) is 8.26. The maximum absolute atomic E-state index is 12.6. The molecule has 124 valence electrons. The first-order chi connectivity index (χ1) is 11.3. The third kappa shape index (κ3) is 4.12. The second-order valence-electron chi connectivity index (χ2n) is 5.83. The first-order valence-corrected chi connectivity index (χ1v) is 8.26. The second kappa shape index (κ2) is 7.80. The summed E-state index contributed by atoms with van der Waals surface area (Å²) in [4.78, 5) is 14.5. The molecule has 0 bridgehead atoms. The Bertz CT molecular complexity index is 582. The molecule has 1 aliphatic heterocycles. The molecule has 1 N–H and O–H groups in total. The first kappa shape index (κ1) is 15.6. The summed E-state index contributed by atoms with van der Waals surface area (Å²) in [5, 5.41) is 10.7. The summed E-state index contributed by atoms with van der Waals surface area (Å²) in [6.45, 7) is 2.15. The van der Waals surface area contributed by atoms with Crippen LogP contribution in [0.3, 0.4) is 0 Å². The lowest BCUT2D eigenvalue weighted by atomic mass is 10.1. The summed E-state index contributed by atoms with van der Waals surface area (Å²) >= 11 is 0. The van der Waals surface area contributed by atoms with Gasteiger partial charge in [-0.2, -0.15) is 0 Å². The summed E-state index contributed by atoms with van der Waals surface area (Å²) in [6, 6.07) is 3.88. The molecule has 1 fully saturated rings. The van der Waals surface area contributed by atoms with Gasteiger partial charge in [-0.1, -0.05) is 18.1 Å². The number of rotatable bonds is 5. The molecule has 0 aliphatic carbocycles. The van der Waals surface area contributed by atoms with E-state index >= 15 is 0 Å². The second-order valence-corrected chi connectivity index (χ2v) is 5.83. The molecule has 0 aromatic carbocycles. The average Bonchev–Trinajstić information content (AvgIpc) is 3.22. The molecule has 7 nitrogen and oxygen atoms in total. The summed E-state index contributed by atoms with van der Waals surface area (Å²) in [5.41, 5.74) is 0. The normalized spacial score (nSPS) is 18.6. The minimum Gasteiger partial charge on any atom is -0.467 e. The van der Waals surface area contributed by atoms with Crippen LogP contribution >= 0.6 is 0 Å². The van der Waals surface area contributed by atoms with Gasteiger partial charge < -0.3 is 14.6 Å². The molecule has 2 aromatic rings. The maximum atomic E-state index is 12.6. The van der Waals surface area contributed by atoms with Crippen molar-refractivity contribution in [3.8, 4) is 0 Å². The lowest BCUT2D eigenvalue weighted by Crippen LogP contribution is -2.42. The van der Waals surface area contributed by atoms with E-state index in [1.165, 1.54) is 0 Å². The van der Waals surface area contributed by atoms with Gasteiger partial charge in [-0.3, -0.25) is 4.68 Å². The van der Waals surface area contributed by atoms with Crippen LogP contribution in [-0.2, 0) is 6.54 Å². The number of carbonyl (C=O) groups excluding carboxylic acids is 1. The molecule has 3 heterocycles. The molecule has 3 rings (SSSR count). The van der Waals surface area contributed by atoms with Crippen molar-refractivity contribution in [2.45, 2.75) is 44.7 Å². The topological polar surface area (TPSA) is 76.2 Å². The monoisotopic (exact) mass is 317 g/mol. The van der Waals surface area contributed by atoms with Crippen LogP contribution in [0, 0.1) is 0 Å². The Morgan fingerprint density at radius 1 is 1.39 bits per heavy atom. The Hall–Kier alpha value is -2.31. The summed E-state index contributed by atoms with van der Waals surface area (Å²) in [6.07, 6.45) is 10.3. The van der Waals surface area contributed by atoms with Crippen LogP contribution in [0.25, 0.3) is 0 Å². The number of aryl methyl sites for hydroxylation is 1. The van der Waals surface area contributed by atoms with Gasteiger partial charge in [-0.05, 0) is 31.4 Å². The highest BCUT2D eigenvalue weighted by Gasteiger charge is 2.28. The van der Waals surface area contributed by atoms with Crippen LogP contribution in [0.4, 0.5) is 4.79 Å². The van der Waals surface area contributed by atoms with Crippen LogP contribution in [0.5, 0.6) is 0 Å². The zero-order valence-electron chi connectivity index (χ0n) is 13.2. The largest absolute Gasteiger partial charge is 0.467 e. The fourth-order valence-electron chi connectivity index (χ4n) is 3.02. The number of hydrogen-bond donors (Lipinski definition) is 1. The Kier molecular flexibility index (Phi) is 5.29. The van der Waals surface area contributed by atoms with E-state index in [9.17, 15) is 4.79 Å². The standard InChI is InChI=1S/C16H23N5O2/c22-16(17-8-5-10-20-12-9-18-19-20)21-11-3-1-2-6-14(21)15-7-4-13-23-15/h4,7,9,12-14H,1-3,5-6,8,10-11H2,(H,17,22). The lowest BCUT2D eigenvalue weighted by molar-refractivity contribution is 0.166. The molecule has 2 aromatic heterocycles. The van der Waals surface area contributed by atoms with Crippen molar-refractivity contribution in [2.24, 2.45) is 0 Å². The highest BCUT2D eigenvalue weighted by Crippen LogP contribution is 2.30. The molecule has 2 amide bonds. The molecule has 0 saturated carbocycles. The zero-order chi connectivity index (χ0) is 15.9. The lowest BCUT2D eigenvalue weighted by Gasteiger charge is -2.28. The van der Waals surface area contributed by atoms with Crippen LogP contribution in [-0.4, -0.2) is 39.0 Å². The van der Waals surface area contributed by atoms with E-state index in [1.54, 1.807) is 17.1 Å². The molecule has 23 heavy (non-hydrogen) atoms. The van der Waals surface area contributed by atoms with Crippen molar-refractivity contribution >= 4 is 6.03 Å². The number of aromatic nitrogens is 3. The van der Waals surface area contributed by atoms with E-state index in [2.05, 4.69) is 15.6 Å². The number of carbonyl (C=O) groups is 1. The van der Waals surface area contributed by atoms with Gasteiger partial charge in [0.05, 0.1) is 18.5 Å². The SMILES string of the molecule is O=C(NCCCn1ccnn1)N1CCCCCC1c1ccco1. The van der Waals surface area contributed by atoms with Gasteiger partial charge in [-0.25, -0.2) is 4.79 Å². The van der Waals surface area contributed by atoms with Crippen LogP contribution in [0.15, 0.2) is 35.2 Å². The Labute approximate surface area is 135 Å². The molecule has 0 radical (unpaired) electrons. The van der Waals surface area contributed by atoms with Crippen molar-refractivity contribution in [1.82, 2.24) is 25.2 Å². The van der Waals surface area contributed by atoms with Crippen molar-refractivity contribution in [3.63, 3.8) is 0 Å². The molecule has 1 unspecified atom stereocenters. The van der Waals surface area contributed by atoms with Gasteiger partial charge in [0.1, 0.15) is 5.76 Å². The molecule has 7 heteroatoms. The van der Waals surface area contributed by atoms with Gasteiger partial charge in [0.25, 0.3) is 0 Å². The molecule has 1 saturated heterocycles. The number of hydrogen-bond acceptors (Lipinski definition) is 4. The van der Waals surface area contributed by atoms with Gasteiger partial charge in [0, 0.05) is 25.8 Å². The van der Waals surface area contributed by atoms with Crippen molar-refractivity contribution in [2.75, 3.05) is 13.1 Å². The highest BCUT2D eigenvalue weighted by molar-refractivity contribution is 5.74. The van der Waals surface area contributed by atoms with E-state index in [1.807, 2.05) is 23.2 Å². The third-order valence-corrected chi connectivity index (χ3v) is 4.20. The Morgan fingerprint density at radius 2 is 2.35 bits per heavy atom. The van der Waals surface area contributed by atoms with Crippen molar-refractivity contribution in [3.05, 3.63) is 36.5 Å². The van der Waals surface area contributed by atoms with Crippen LogP contribution in [0.2, 0.25) is 0 Å². The fraction of sp³-hybridized carbons (Fsp3) is 0.562. The molecule has 1 aliphatic rings. The fourth-order valence-corrected chi connectivity index (χ4v) is 3.02. The predicted molar refractivity (Wildman–Crippen MR) is 84.7 cm³/mol. The average molecular weight is 317 g/mol. The van der Waals surface area contributed by atoms with Crippen molar-refractivity contribution < 1.29 is 9.21 Å². The van der Waals surface area contributed by atoms with Gasteiger partial charge >= 0.3 is 6.03 Å². The van der Waals surface area contributed by atoms with E-state index in [0.29, 0.717) is 6.54 Å². The van der Waals surface area contributed by atoms with Crippen LogP contribution in [0.1, 0.15) is 43.9 Å². The Morgan fingerprint density at radius 3 is 3.13 bits per heavy atom. The van der Waals surface area contributed by atoms with Gasteiger partial charge in [-0.15, -0.1) is 5.10 Å². The number of urea groups is 1. The summed E-state index contributed by atoms with van der Waals surface area (Å²) < 4.78 is 7.31. The quantitative estimate of drug-likeness (QED) is 0.860. The minimum absolute atomic E-state index is 0.00751.